The largest absolute Gasteiger partial charge is 0.351 e. The van der Waals surface area contributed by atoms with Crippen LogP contribution in [0.15, 0.2) is 24.3 Å². The molecule has 0 saturated heterocycles. The molecule has 0 fully saturated rings. The monoisotopic (exact) mass is 272 g/mol. The maximum atomic E-state index is 11.5. The fourth-order valence-corrected chi connectivity index (χ4v) is 1.15. The van der Waals surface area contributed by atoms with E-state index in [0.717, 1.165) is 0 Å². The minimum absolute atomic E-state index is 0. The number of hydrogen-bond donors (Lipinski definition) is 4. The van der Waals surface area contributed by atoms with Crippen molar-refractivity contribution in [2.45, 2.75) is 6.92 Å². The van der Waals surface area contributed by atoms with E-state index >= 15 is 0 Å². The maximum absolute atomic E-state index is 11.5. The smallest absolute Gasteiger partial charge is 0.316 e. The number of rotatable bonds is 4. The Morgan fingerprint density at radius 3 is 2.00 bits per heavy atom. The lowest BCUT2D eigenvalue weighted by molar-refractivity contribution is -0.119. The third-order valence-electron chi connectivity index (χ3n) is 2.22. The van der Waals surface area contributed by atoms with Crippen LogP contribution in [0.2, 0.25) is 0 Å². The topological polar surface area (TPSA) is 110 Å². The Morgan fingerprint density at radius 2 is 1.61 bits per heavy atom. The van der Waals surface area contributed by atoms with Crippen molar-refractivity contribution in [1.82, 2.24) is 0 Å². The summed E-state index contributed by atoms with van der Waals surface area (Å²) < 4.78 is 0. The highest BCUT2D eigenvalue weighted by atomic mass is 35.5. The molecule has 1 atom stereocenters. The number of halogens is 1. The molecule has 0 spiro atoms. The van der Waals surface area contributed by atoms with Gasteiger partial charge < -0.3 is 22.1 Å². The standard InChI is InChI=1S/C11H16N4O2.ClH/c1-7(6-12)10(16)14-8-2-4-9(5-3-8)15-11(13)17;/h2-5,7H,6,12H2,1H3,(H,14,16)(H3,13,15,17);1H. The van der Waals surface area contributed by atoms with Crippen LogP contribution in [0.3, 0.4) is 0 Å². The van der Waals surface area contributed by atoms with E-state index in [1.807, 2.05) is 0 Å². The molecule has 6 N–H and O–H groups in total. The van der Waals surface area contributed by atoms with Gasteiger partial charge in [-0.3, -0.25) is 4.79 Å². The summed E-state index contributed by atoms with van der Waals surface area (Å²) in [4.78, 5) is 22.1. The van der Waals surface area contributed by atoms with Crippen LogP contribution < -0.4 is 22.1 Å². The zero-order valence-corrected chi connectivity index (χ0v) is 10.8. The lowest BCUT2D eigenvalue weighted by Crippen LogP contribution is -2.26. The molecular weight excluding hydrogens is 256 g/mol. The molecule has 0 radical (unpaired) electrons. The normalized spacial score (nSPS) is 11.0. The zero-order valence-electron chi connectivity index (χ0n) is 9.97. The number of carbonyl (C=O) groups is 2. The minimum atomic E-state index is -0.626. The Hall–Kier alpha value is -1.79. The molecule has 1 aromatic carbocycles. The molecular formula is C11H17ClN4O2. The molecule has 1 rings (SSSR count). The van der Waals surface area contributed by atoms with Gasteiger partial charge in [-0.2, -0.15) is 0 Å². The van der Waals surface area contributed by atoms with Crippen LogP contribution in [0.4, 0.5) is 16.2 Å². The highest BCUT2D eigenvalue weighted by Crippen LogP contribution is 2.14. The van der Waals surface area contributed by atoms with Crippen molar-refractivity contribution in [3.63, 3.8) is 0 Å². The van der Waals surface area contributed by atoms with Crippen molar-refractivity contribution in [1.29, 1.82) is 0 Å². The highest BCUT2D eigenvalue weighted by molar-refractivity contribution is 5.93. The van der Waals surface area contributed by atoms with Gasteiger partial charge in [0.1, 0.15) is 0 Å². The summed E-state index contributed by atoms with van der Waals surface area (Å²) in [5.41, 5.74) is 11.6. The number of hydrogen-bond acceptors (Lipinski definition) is 3. The van der Waals surface area contributed by atoms with Gasteiger partial charge >= 0.3 is 6.03 Å². The third kappa shape index (κ3) is 5.03. The number of urea groups is 1. The molecule has 6 nitrogen and oxygen atoms in total. The summed E-state index contributed by atoms with van der Waals surface area (Å²) in [5, 5.41) is 5.14. The summed E-state index contributed by atoms with van der Waals surface area (Å²) in [6, 6.07) is 6.01. The fourth-order valence-electron chi connectivity index (χ4n) is 1.15. The van der Waals surface area contributed by atoms with Crippen LogP contribution in [-0.4, -0.2) is 18.5 Å². The van der Waals surface area contributed by atoms with Crippen LogP contribution >= 0.6 is 12.4 Å². The molecule has 0 heterocycles. The number of amides is 3. The van der Waals surface area contributed by atoms with Crippen LogP contribution in [-0.2, 0) is 4.79 Å². The van der Waals surface area contributed by atoms with E-state index in [1.165, 1.54) is 0 Å². The molecule has 3 amide bonds. The fraction of sp³-hybridized carbons (Fsp3) is 0.273. The summed E-state index contributed by atoms with van der Waals surface area (Å²) in [6.45, 7) is 2.05. The molecule has 100 valence electrons. The Kier molecular flexibility index (Phi) is 6.77. The lowest BCUT2D eigenvalue weighted by Gasteiger charge is -2.10. The van der Waals surface area contributed by atoms with Crippen LogP contribution in [0.25, 0.3) is 0 Å². The quantitative estimate of drug-likeness (QED) is 0.659. The second kappa shape index (κ2) is 7.52. The molecule has 18 heavy (non-hydrogen) atoms. The SMILES string of the molecule is CC(CN)C(=O)Nc1ccc(NC(N)=O)cc1.Cl. The van der Waals surface area contributed by atoms with Gasteiger partial charge in [-0.25, -0.2) is 4.79 Å². The van der Waals surface area contributed by atoms with Crippen LogP contribution in [0, 0.1) is 5.92 Å². The minimum Gasteiger partial charge on any atom is -0.351 e. The number of primary amides is 1. The van der Waals surface area contributed by atoms with Gasteiger partial charge in [-0.1, -0.05) is 6.92 Å². The molecule has 7 heteroatoms. The van der Waals surface area contributed by atoms with Crippen molar-refractivity contribution < 1.29 is 9.59 Å². The predicted octanol–water partition coefficient (Wildman–Crippen LogP) is 1.13. The molecule has 0 saturated carbocycles. The van der Waals surface area contributed by atoms with Gasteiger partial charge in [0, 0.05) is 23.8 Å². The highest BCUT2D eigenvalue weighted by Gasteiger charge is 2.10. The Morgan fingerprint density at radius 1 is 1.17 bits per heavy atom. The first-order chi connectivity index (χ1) is 8.02. The van der Waals surface area contributed by atoms with E-state index < -0.39 is 6.03 Å². The molecule has 1 aromatic rings. The van der Waals surface area contributed by atoms with Gasteiger partial charge in [-0.05, 0) is 24.3 Å². The Bertz CT molecular complexity index is 408. The van der Waals surface area contributed by atoms with Gasteiger partial charge in [0.2, 0.25) is 5.91 Å². The van der Waals surface area contributed by atoms with E-state index in [0.29, 0.717) is 17.9 Å². The summed E-state index contributed by atoms with van der Waals surface area (Å²) in [6.07, 6.45) is 0. The number of nitrogens with one attached hydrogen (secondary N) is 2. The second-order valence-electron chi connectivity index (χ2n) is 3.69. The summed E-state index contributed by atoms with van der Waals surface area (Å²) in [7, 11) is 0. The van der Waals surface area contributed by atoms with E-state index in [2.05, 4.69) is 10.6 Å². The number of nitrogens with two attached hydrogens (primary N) is 2. The second-order valence-corrected chi connectivity index (χ2v) is 3.69. The van der Waals surface area contributed by atoms with Gasteiger partial charge in [-0.15, -0.1) is 12.4 Å². The van der Waals surface area contributed by atoms with E-state index in [4.69, 9.17) is 11.5 Å². The Labute approximate surface area is 112 Å². The predicted molar refractivity (Wildman–Crippen MR) is 73.7 cm³/mol. The third-order valence-corrected chi connectivity index (χ3v) is 2.22. The Balaban J connectivity index is 0.00000289. The first-order valence-electron chi connectivity index (χ1n) is 5.20. The average Bonchev–Trinajstić information content (AvgIpc) is 2.30. The summed E-state index contributed by atoms with van der Waals surface area (Å²) in [5.74, 6) is -0.374. The van der Waals surface area contributed by atoms with Gasteiger partial charge in [0.25, 0.3) is 0 Å². The number of anilines is 2. The van der Waals surface area contributed by atoms with E-state index in [1.54, 1.807) is 31.2 Å². The van der Waals surface area contributed by atoms with Crippen molar-refractivity contribution in [3.05, 3.63) is 24.3 Å². The molecule has 0 aromatic heterocycles. The molecule has 0 aliphatic heterocycles. The molecule has 0 aliphatic rings. The van der Waals surface area contributed by atoms with E-state index in [-0.39, 0.29) is 24.2 Å². The molecule has 1 unspecified atom stereocenters. The van der Waals surface area contributed by atoms with Crippen molar-refractivity contribution in [2.75, 3.05) is 17.2 Å². The van der Waals surface area contributed by atoms with Crippen LogP contribution in [0.5, 0.6) is 0 Å². The van der Waals surface area contributed by atoms with Gasteiger partial charge in [0.05, 0.1) is 0 Å². The summed E-state index contributed by atoms with van der Waals surface area (Å²) >= 11 is 0. The molecule has 0 aliphatic carbocycles. The first-order valence-corrected chi connectivity index (χ1v) is 5.20. The van der Waals surface area contributed by atoms with Gasteiger partial charge in [0.15, 0.2) is 0 Å². The van der Waals surface area contributed by atoms with Crippen molar-refractivity contribution in [3.8, 4) is 0 Å². The lowest BCUT2D eigenvalue weighted by atomic mass is 10.1. The zero-order chi connectivity index (χ0) is 12.8. The van der Waals surface area contributed by atoms with E-state index in [9.17, 15) is 9.59 Å². The average molecular weight is 273 g/mol. The first kappa shape index (κ1) is 16.2. The molecule has 0 bridgehead atoms. The maximum Gasteiger partial charge on any atom is 0.316 e. The van der Waals surface area contributed by atoms with Crippen LogP contribution in [0.1, 0.15) is 6.92 Å². The van der Waals surface area contributed by atoms with Crippen molar-refractivity contribution >= 4 is 35.7 Å². The van der Waals surface area contributed by atoms with Crippen molar-refractivity contribution in [2.24, 2.45) is 17.4 Å². The number of carbonyl (C=O) groups excluding carboxylic acids is 2. The number of benzene rings is 1.